The minimum Gasteiger partial charge on any atom is -0.324 e. The van der Waals surface area contributed by atoms with Crippen molar-refractivity contribution in [2.45, 2.75) is 51.5 Å². The van der Waals surface area contributed by atoms with Crippen molar-refractivity contribution in [3.63, 3.8) is 0 Å². The number of nitrogens with two attached hydrogens (primary N) is 1. The smallest absolute Gasteiger partial charge is 0.0306 e. The van der Waals surface area contributed by atoms with Gasteiger partial charge in [-0.1, -0.05) is 59.8 Å². The van der Waals surface area contributed by atoms with E-state index in [-0.39, 0.29) is 6.04 Å². The zero-order valence-corrected chi connectivity index (χ0v) is 12.2. The molecule has 1 unspecified atom stereocenters. The lowest BCUT2D eigenvalue weighted by atomic mass is 9.95. The monoisotopic (exact) mass is 295 g/mol. The van der Waals surface area contributed by atoms with E-state index in [2.05, 4.69) is 41.1 Å². The lowest BCUT2D eigenvalue weighted by Crippen LogP contribution is -2.12. The van der Waals surface area contributed by atoms with Crippen LogP contribution in [-0.4, -0.2) is 0 Å². The molecule has 94 valence electrons. The normalized spacial score (nSPS) is 18.5. The molecule has 1 saturated carbocycles. The molecule has 1 nitrogen and oxygen atoms in total. The van der Waals surface area contributed by atoms with Gasteiger partial charge in [-0.3, -0.25) is 0 Å². The van der Waals surface area contributed by atoms with Crippen molar-refractivity contribution >= 4 is 15.9 Å². The molecular formula is C15H22BrN. The first kappa shape index (κ1) is 13.1. The highest BCUT2D eigenvalue weighted by molar-refractivity contribution is 9.10. The van der Waals surface area contributed by atoms with Crippen molar-refractivity contribution in [1.29, 1.82) is 0 Å². The molecule has 0 aliphatic heterocycles. The van der Waals surface area contributed by atoms with Crippen LogP contribution in [0, 0.1) is 12.8 Å². The summed E-state index contributed by atoms with van der Waals surface area (Å²) in [7, 11) is 0. The van der Waals surface area contributed by atoms with Crippen molar-refractivity contribution in [2.24, 2.45) is 11.7 Å². The zero-order chi connectivity index (χ0) is 12.3. The van der Waals surface area contributed by atoms with Crippen LogP contribution in [0.1, 0.15) is 55.7 Å². The second-order valence-corrected chi connectivity index (χ2v) is 6.11. The van der Waals surface area contributed by atoms with Crippen LogP contribution in [-0.2, 0) is 0 Å². The molecular weight excluding hydrogens is 274 g/mol. The maximum atomic E-state index is 6.31. The van der Waals surface area contributed by atoms with Crippen LogP contribution in [0.5, 0.6) is 0 Å². The van der Waals surface area contributed by atoms with Crippen molar-refractivity contribution < 1.29 is 0 Å². The van der Waals surface area contributed by atoms with Crippen LogP contribution >= 0.6 is 15.9 Å². The average molecular weight is 296 g/mol. The Bertz CT molecular complexity index is 369. The molecule has 2 N–H and O–H groups in total. The second-order valence-electron chi connectivity index (χ2n) is 5.31. The third-order valence-electron chi connectivity index (χ3n) is 3.98. The highest BCUT2D eigenvalue weighted by atomic mass is 79.9. The van der Waals surface area contributed by atoms with Gasteiger partial charge in [-0.15, -0.1) is 0 Å². The average Bonchev–Trinajstić information content (AvgIpc) is 2.82. The molecule has 0 radical (unpaired) electrons. The summed E-state index contributed by atoms with van der Waals surface area (Å²) in [5, 5.41) is 0. The van der Waals surface area contributed by atoms with Crippen LogP contribution in [0.2, 0.25) is 0 Å². The summed E-state index contributed by atoms with van der Waals surface area (Å²) in [5.74, 6) is 0.935. The van der Waals surface area contributed by atoms with Crippen molar-refractivity contribution in [2.75, 3.05) is 0 Å². The summed E-state index contributed by atoms with van der Waals surface area (Å²) in [5.41, 5.74) is 8.86. The number of halogens is 1. The molecule has 0 bridgehead atoms. The molecule has 0 aromatic heterocycles. The summed E-state index contributed by atoms with van der Waals surface area (Å²) in [4.78, 5) is 0. The number of aryl methyl sites for hydroxylation is 1. The van der Waals surface area contributed by atoms with Gasteiger partial charge >= 0.3 is 0 Å². The Morgan fingerprint density at radius 1 is 1.35 bits per heavy atom. The van der Waals surface area contributed by atoms with Gasteiger partial charge in [-0.25, -0.2) is 0 Å². The molecule has 1 atom stereocenters. The summed E-state index contributed by atoms with van der Waals surface area (Å²) in [6.45, 7) is 2.12. The van der Waals surface area contributed by atoms with E-state index in [4.69, 9.17) is 5.73 Å². The van der Waals surface area contributed by atoms with Crippen LogP contribution in [0.4, 0.5) is 0 Å². The van der Waals surface area contributed by atoms with Gasteiger partial charge in [-0.05, 0) is 36.8 Å². The van der Waals surface area contributed by atoms with Crippen molar-refractivity contribution in [1.82, 2.24) is 0 Å². The first-order valence-corrected chi connectivity index (χ1v) is 7.48. The van der Waals surface area contributed by atoms with Gasteiger partial charge in [0.25, 0.3) is 0 Å². The Hall–Kier alpha value is -0.340. The fraction of sp³-hybridized carbons (Fsp3) is 0.600. The Balaban J connectivity index is 1.94. The maximum absolute atomic E-state index is 6.31. The van der Waals surface area contributed by atoms with E-state index in [0.29, 0.717) is 0 Å². The number of benzene rings is 1. The summed E-state index contributed by atoms with van der Waals surface area (Å²) in [6, 6.07) is 6.56. The van der Waals surface area contributed by atoms with Crippen molar-refractivity contribution in [3.8, 4) is 0 Å². The third-order valence-corrected chi connectivity index (χ3v) is 5.07. The standard InChI is InChI=1S/C15H22BrN/c1-11-5-4-8-13(15(11)16)14(17)10-9-12-6-2-3-7-12/h4-5,8,12,14H,2-3,6-7,9-10,17H2,1H3. The van der Waals surface area contributed by atoms with Gasteiger partial charge in [0.1, 0.15) is 0 Å². The largest absolute Gasteiger partial charge is 0.324 e. The van der Waals surface area contributed by atoms with Gasteiger partial charge in [0.2, 0.25) is 0 Å². The third kappa shape index (κ3) is 3.32. The van der Waals surface area contributed by atoms with Gasteiger partial charge in [0.05, 0.1) is 0 Å². The number of rotatable bonds is 4. The number of hydrogen-bond donors (Lipinski definition) is 1. The van der Waals surface area contributed by atoms with Gasteiger partial charge < -0.3 is 5.73 Å². The maximum Gasteiger partial charge on any atom is 0.0306 e. The Morgan fingerprint density at radius 2 is 2.06 bits per heavy atom. The highest BCUT2D eigenvalue weighted by Crippen LogP contribution is 2.33. The quantitative estimate of drug-likeness (QED) is 0.854. The first-order valence-electron chi connectivity index (χ1n) is 6.69. The molecule has 0 saturated heterocycles. The minimum absolute atomic E-state index is 0.185. The molecule has 0 amide bonds. The lowest BCUT2D eigenvalue weighted by Gasteiger charge is -2.17. The van der Waals surface area contributed by atoms with Crippen LogP contribution in [0.15, 0.2) is 22.7 Å². The lowest BCUT2D eigenvalue weighted by molar-refractivity contribution is 0.453. The van der Waals surface area contributed by atoms with E-state index in [9.17, 15) is 0 Å². The SMILES string of the molecule is Cc1cccc(C(N)CCC2CCCC2)c1Br. The number of hydrogen-bond acceptors (Lipinski definition) is 1. The topological polar surface area (TPSA) is 26.0 Å². The highest BCUT2D eigenvalue weighted by Gasteiger charge is 2.17. The molecule has 1 fully saturated rings. The molecule has 0 heterocycles. The van der Waals surface area contributed by atoms with Crippen LogP contribution < -0.4 is 5.73 Å². The van der Waals surface area contributed by atoms with E-state index >= 15 is 0 Å². The molecule has 2 heteroatoms. The summed E-state index contributed by atoms with van der Waals surface area (Å²) in [6.07, 6.45) is 8.10. The summed E-state index contributed by atoms with van der Waals surface area (Å²) < 4.78 is 1.19. The van der Waals surface area contributed by atoms with E-state index in [1.807, 2.05) is 0 Å². The molecule has 1 aliphatic carbocycles. The Kier molecular flexibility index (Phi) is 4.63. The van der Waals surface area contributed by atoms with Crippen molar-refractivity contribution in [3.05, 3.63) is 33.8 Å². The van der Waals surface area contributed by atoms with E-state index in [1.165, 1.54) is 47.7 Å². The fourth-order valence-corrected chi connectivity index (χ4v) is 3.38. The molecule has 2 rings (SSSR count). The summed E-state index contributed by atoms with van der Waals surface area (Å²) >= 11 is 3.65. The van der Waals surface area contributed by atoms with Crippen LogP contribution in [0.3, 0.4) is 0 Å². The minimum atomic E-state index is 0.185. The second kappa shape index (κ2) is 6.01. The zero-order valence-electron chi connectivity index (χ0n) is 10.6. The predicted molar refractivity (Wildman–Crippen MR) is 77.0 cm³/mol. The fourth-order valence-electron chi connectivity index (χ4n) is 2.83. The molecule has 0 spiro atoms. The molecule has 1 aromatic carbocycles. The van der Waals surface area contributed by atoms with Crippen LogP contribution in [0.25, 0.3) is 0 Å². The first-order chi connectivity index (χ1) is 8.18. The molecule has 1 aromatic rings. The van der Waals surface area contributed by atoms with E-state index < -0.39 is 0 Å². The van der Waals surface area contributed by atoms with Gasteiger partial charge in [0.15, 0.2) is 0 Å². The Morgan fingerprint density at radius 3 is 2.76 bits per heavy atom. The van der Waals surface area contributed by atoms with Gasteiger partial charge in [0, 0.05) is 10.5 Å². The van der Waals surface area contributed by atoms with E-state index in [1.54, 1.807) is 0 Å². The molecule has 17 heavy (non-hydrogen) atoms. The predicted octanol–water partition coefficient (Wildman–Crippen LogP) is 4.73. The van der Waals surface area contributed by atoms with Gasteiger partial charge in [-0.2, -0.15) is 0 Å². The van der Waals surface area contributed by atoms with E-state index in [0.717, 1.165) is 12.3 Å². The Labute approximate surface area is 113 Å². The molecule has 1 aliphatic rings.